The van der Waals surface area contributed by atoms with Crippen LogP contribution in [0, 0.1) is 0 Å². The van der Waals surface area contributed by atoms with Gasteiger partial charge in [0.15, 0.2) is 9.84 Å². The number of sulfone groups is 2. The molecule has 0 aliphatic rings. The lowest BCUT2D eigenvalue weighted by atomic mass is 10.5. The topological polar surface area (TPSA) is 88.5 Å². The lowest BCUT2D eigenvalue weighted by Crippen LogP contribution is -2.31. The first kappa shape index (κ1) is 11.9. The number of hydrogen-bond acceptors (Lipinski definition) is 5. The molecular formula is C5H12O5S2. The summed E-state index contributed by atoms with van der Waals surface area (Å²) in [6.45, 7) is -0.661. The minimum atomic E-state index is -3.48. The Morgan fingerprint density at radius 2 is 1.58 bits per heavy atom. The lowest BCUT2D eigenvalue weighted by molar-refractivity contribution is 0.296. The van der Waals surface area contributed by atoms with Gasteiger partial charge < -0.3 is 5.11 Å². The van der Waals surface area contributed by atoms with Gasteiger partial charge in [0.2, 0.25) is 0 Å². The molecule has 0 heterocycles. The minimum absolute atomic E-state index is 0.525. The van der Waals surface area contributed by atoms with E-state index < -0.39 is 37.3 Å². The molecule has 0 aromatic carbocycles. The first-order valence-corrected chi connectivity index (χ1v) is 7.16. The van der Waals surface area contributed by atoms with Crippen molar-refractivity contribution in [3.8, 4) is 0 Å². The van der Waals surface area contributed by atoms with Crippen LogP contribution < -0.4 is 0 Å². The molecular weight excluding hydrogens is 204 g/mol. The summed E-state index contributed by atoms with van der Waals surface area (Å²) in [4.78, 5) is 0. The summed E-state index contributed by atoms with van der Waals surface area (Å²) in [5.41, 5.74) is 0. The second-order valence-electron chi connectivity index (χ2n) is 2.73. The number of hydrogen-bond donors (Lipinski definition) is 1. The van der Waals surface area contributed by atoms with E-state index in [1.807, 2.05) is 0 Å². The van der Waals surface area contributed by atoms with Crippen molar-refractivity contribution >= 4 is 19.7 Å². The van der Waals surface area contributed by atoms with Crippen LogP contribution in [0.4, 0.5) is 0 Å². The molecule has 0 aliphatic heterocycles. The summed E-state index contributed by atoms with van der Waals surface area (Å²) in [6, 6.07) is 0. The normalized spacial score (nSPS) is 15.9. The summed E-state index contributed by atoms with van der Waals surface area (Å²) in [7, 11) is -6.84. The molecule has 0 saturated carbocycles. The van der Waals surface area contributed by atoms with Crippen LogP contribution in [-0.4, -0.2) is 52.1 Å². The predicted octanol–water partition coefficient (Wildman–Crippen LogP) is -1.56. The van der Waals surface area contributed by atoms with Crippen molar-refractivity contribution in [3.63, 3.8) is 0 Å². The van der Waals surface area contributed by atoms with Crippen molar-refractivity contribution in [1.82, 2.24) is 0 Å². The highest BCUT2D eigenvalue weighted by Gasteiger charge is 2.23. The van der Waals surface area contributed by atoms with Gasteiger partial charge in [-0.05, 0) is 0 Å². The van der Waals surface area contributed by atoms with Crippen LogP contribution in [0.25, 0.3) is 0 Å². The van der Waals surface area contributed by atoms with E-state index in [-0.39, 0.29) is 0 Å². The fourth-order valence-corrected chi connectivity index (χ4v) is 3.43. The third-order valence-electron chi connectivity index (χ3n) is 1.30. The van der Waals surface area contributed by atoms with Crippen molar-refractivity contribution in [2.45, 2.75) is 5.25 Å². The van der Waals surface area contributed by atoms with Gasteiger partial charge in [0.05, 0.1) is 17.6 Å². The number of aliphatic hydroxyl groups is 1. The van der Waals surface area contributed by atoms with E-state index in [2.05, 4.69) is 0 Å². The van der Waals surface area contributed by atoms with E-state index in [9.17, 15) is 16.8 Å². The van der Waals surface area contributed by atoms with Gasteiger partial charge in [-0.2, -0.15) is 0 Å². The molecule has 0 spiro atoms. The Morgan fingerprint density at radius 3 is 1.67 bits per heavy atom. The molecule has 1 unspecified atom stereocenters. The Kier molecular flexibility index (Phi) is 3.67. The molecule has 1 atom stereocenters. The fourth-order valence-electron chi connectivity index (χ4n) is 0.649. The molecule has 5 nitrogen and oxygen atoms in total. The minimum Gasteiger partial charge on any atom is -0.395 e. The summed E-state index contributed by atoms with van der Waals surface area (Å²) < 4.78 is 43.0. The number of aliphatic hydroxyl groups excluding tert-OH is 1. The summed E-state index contributed by atoms with van der Waals surface area (Å²) in [5, 5.41) is 7.38. The molecule has 0 aliphatic carbocycles. The van der Waals surface area contributed by atoms with E-state index >= 15 is 0 Å². The van der Waals surface area contributed by atoms with Crippen LogP contribution in [0.15, 0.2) is 0 Å². The zero-order valence-corrected chi connectivity index (χ0v) is 8.52. The fraction of sp³-hybridized carbons (Fsp3) is 1.00. The Balaban J connectivity index is 4.64. The Hall–Kier alpha value is -0.140. The van der Waals surface area contributed by atoms with Gasteiger partial charge >= 0.3 is 0 Å². The molecule has 0 rings (SSSR count). The van der Waals surface area contributed by atoms with Crippen LogP contribution in [0.1, 0.15) is 0 Å². The SMILES string of the molecule is CS(=O)(=O)CC(CO)S(C)(=O)=O. The van der Waals surface area contributed by atoms with E-state index in [4.69, 9.17) is 5.11 Å². The van der Waals surface area contributed by atoms with Gasteiger partial charge in [0, 0.05) is 12.5 Å². The van der Waals surface area contributed by atoms with Crippen LogP contribution >= 0.6 is 0 Å². The molecule has 0 aromatic heterocycles. The van der Waals surface area contributed by atoms with Gasteiger partial charge in [0.25, 0.3) is 0 Å². The molecule has 0 radical (unpaired) electrons. The second kappa shape index (κ2) is 3.71. The maximum Gasteiger partial charge on any atom is 0.153 e. The average Bonchev–Trinajstić information content (AvgIpc) is 1.78. The molecule has 12 heavy (non-hydrogen) atoms. The van der Waals surface area contributed by atoms with Crippen molar-refractivity contribution < 1.29 is 21.9 Å². The van der Waals surface area contributed by atoms with E-state index in [1.54, 1.807) is 0 Å². The van der Waals surface area contributed by atoms with Crippen molar-refractivity contribution in [3.05, 3.63) is 0 Å². The number of rotatable bonds is 4. The van der Waals surface area contributed by atoms with Crippen LogP contribution in [0.3, 0.4) is 0 Å². The van der Waals surface area contributed by atoms with E-state index in [1.165, 1.54) is 0 Å². The first-order valence-electron chi connectivity index (χ1n) is 3.14. The average molecular weight is 216 g/mol. The monoisotopic (exact) mass is 216 g/mol. The zero-order valence-electron chi connectivity index (χ0n) is 6.89. The molecule has 0 aromatic rings. The standard InChI is InChI=1S/C5H12O5S2/c1-11(7,8)4-5(3-6)12(2,9)10/h5-6H,3-4H2,1-2H3. The van der Waals surface area contributed by atoms with Crippen LogP contribution in [-0.2, 0) is 19.7 Å². The van der Waals surface area contributed by atoms with Crippen molar-refractivity contribution in [2.75, 3.05) is 24.9 Å². The molecule has 74 valence electrons. The molecule has 0 saturated heterocycles. The highest BCUT2D eigenvalue weighted by atomic mass is 32.2. The quantitative estimate of drug-likeness (QED) is 0.613. The van der Waals surface area contributed by atoms with Crippen LogP contribution in [0.5, 0.6) is 0 Å². The van der Waals surface area contributed by atoms with Gasteiger partial charge in [0.1, 0.15) is 9.84 Å². The maximum absolute atomic E-state index is 10.8. The largest absolute Gasteiger partial charge is 0.395 e. The third-order valence-corrected chi connectivity index (χ3v) is 4.04. The van der Waals surface area contributed by atoms with Gasteiger partial charge in [-0.25, -0.2) is 16.8 Å². The molecule has 0 amide bonds. The molecule has 0 fully saturated rings. The lowest BCUT2D eigenvalue weighted by Gasteiger charge is -2.09. The zero-order chi connectivity index (χ0) is 9.99. The van der Waals surface area contributed by atoms with Crippen LogP contribution in [0.2, 0.25) is 0 Å². The predicted molar refractivity (Wildman–Crippen MR) is 45.4 cm³/mol. The van der Waals surface area contributed by atoms with Gasteiger partial charge in [-0.3, -0.25) is 0 Å². The molecule has 0 bridgehead atoms. The van der Waals surface area contributed by atoms with E-state index in [0.717, 1.165) is 12.5 Å². The van der Waals surface area contributed by atoms with Crippen molar-refractivity contribution in [1.29, 1.82) is 0 Å². The summed E-state index contributed by atoms with van der Waals surface area (Å²) in [5.74, 6) is -0.525. The highest BCUT2D eigenvalue weighted by molar-refractivity contribution is 7.94. The van der Waals surface area contributed by atoms with E-state index in [0.29, 0.717) is 0 Å². The first-order chi connectivity index (χ1) is 5.17. The maximum atomic E-state index is 10.8. The summed E-state index contributed by atoms with van der Waals surface area (Å²) in [6.07, 6.45) is 1.83. The Morgan fingerprint density at radius 1 is 1.17 bits per heavy atom. The third kappa shape index (κ3) is 4.68. The molecule has 1 N–H and O–H groups in total. The van der Waals surface area contributed by atoms with Crippen molar-refractivity contribution in [2.24, 2.45) is 0 Å². The van der Waals surface area contributed by atoms with Gasteiger partial charge in [-0.1, -0.05) is 0 Å². The Bertz CT molecular complexity index is 325. The second-order valence-corrected chi connectivity index (χ2v) is 7.24. The highest BCUT2D eigenvalue weighted by Crippen LogP contribution is 2.01. The molecule has 7 heteroatoms. The smallest absolute Gasteiger partial charge is 0.153 e. The Labute approximate surface area is 72.2 Å². The summed E-state index contributed by atoms with van der Waals surface area (Å²) >= 11 is 0. The van der Waals surface area contributed by atoms with Gasteiger partial charge in [-0.15, -0.1) is 0 Å².